The molecule has 0 saturated heterocycles. The Hall–Kier alpha value is -1.38. The summed E-state index contributed by atoms with van der Waals surface area (Å²) in [4.78, 5) is 0. The molecule has 0 aliphatic rings. The van der Waals surface area contributed by atoms with Crippen LogP contribution in [0, 0.1) is 18.3 Å². The summed E-state index contributed by atoms with van der Waals surface area (Å²) in [5, 5.41) is 9.19. The Balaban J connectivity index is 3.05. The summed E-state index contributed by atoms with van der Waals surface area (Å²) < 4.78 is 25.0. The molecule has 1 aromatic rings. The van der Waals surface area contributed by atoms with Crippen molar-refractivity contribution in [3.05, 3.63) is 35.4 Å². The van der Waals surface area contributed by atoms with Crippen molar-refractivity contribution in [3.8, 4) is 6.07 Å². The Labute approximate surface area is 109 Å². The molecule has 1 unspecified atom stereocenters. The van der Waals surface area contributed by atoms with Crippen molar-refractivity contribution in [1.82, 2.24) is 4.31 Å². The highest BCUT2D eigenvalue weighted by Crippen LogP contribution is 2.22. The molecule has 1 rings (SSSR count). The van der Waals surface area contributed by atoms with Gasteiger partial charge in [-0.05, 0) is 18.9 Å². The normalized spacial score (nSPS) is 13.3. The van der Waals surface area contributed by atoms with Crippen molar-refractivity contribution in [2.75, 3.05) is 12.8 Å². The van der Waals surface area contributed by atoms with Gasteiger partial charge in [0.15, 0.2) is 0 Å². The first-order valence-electron chi connectivity index (χ1n) is 5.84. The smallest absolute Gasteiger partial charge is 0.212 e. The van der Waals surface area contributed by atoms with E-state index in [9.17, 15) is 13.7 Å². The number of nitriles is 1. The monoisotopic (exact) mass is 266 g/mol. The maximum atomic E-state index is 11.9. The zero-order chi connectivity index (χ0) is 13.8. The predicted molar refractivity (Wildman–Crippen MR) is 71.4 cm³/mol. The topological polar surface area (TPSA) is 61.2 Å². The second-order valence-electron chi connectivity index (χ2n) is 4.27. The first-order chi connectivity index (χ1) is 8.42. The average Bonchev–Trinajstić information content (AvgIpc) is 2.32. The van der Waals surface area contributed by atoms with E-state index in [-0.39, 0.29) is 5.75 Å². The molecule has 0 spiro atoms. The van der Waals surface area contributed by atoms with Gasteiger partial charge in [-0.1, -0.05) is 36.8 Å². The fourth-order valence-electron chi connectivity index (χ4n) is 1.68. The van der Waals surface area contributed by atoms with Crippen LogP contribution >= 0.6 is 0 Å². The van der Waals surface area contributed by atoms with Crippen LogP contribution in [0.25, 0.3) is 0 Å². The summed E-state index contributed by atoms with van der Waals surface area (Å²) in [5.41, 5.74) is 1.78. The standard InChI is InChI=1S/C13H18N2O2S/c1-4-9-18(16,17)15(3)13(10-14)12-7-5-11(2)6-8-12/h5-8,13H,4,9H2,1-3H3. The molecule has 0 fully saturated rings. The molecule has 1 atom stereocenters. The second kappa shape index (κ2) is 5.98. The number of sulfonamides is 1. The highest BCUT2D eigenvalue weighted by Gasteiger charge is 2.26. The van der Waals surface area contributed by atoms with E-state index < -0.39 is 16.1 Å². The Kier molecular flexibility index (Phi) is 4.88. The van der Waals surface area contributed by atoms with Crippen LogP contribution in [0.3, 0.4) is 0 Å². The molecule has 0 radical (unpaired) electrons. The van der Waals surface area contributed by atoms with Gasteiger partial charge in [0.1, 0.15) is 6.04 Å². The number of hydrogen-bond donors (Lipinski definition) is 0. The third-order valence-electron chi connectivity index (χ3n) is 2.78. The molecule has 4 nitrogen and oxygen atoms in total. The highest BCUT2D eigenvalue weighted by molar-refractivity contribution is 7.89. The van der Waals surface area contributed by atoms with Gasteiger partial charge in [-0.3, -0.25) is 0 Å². The van der Waals surface area contributed by atoms with Crippen molar-refractivity contribution >= 4 is 10.0 Å². The van der Waals surface area contributed by atoms with Crippen LogP contribution in [0.15, 0.2) is 24.3 Å². The van der Waals surface area contributed by atoms with Gasteiger partial charge in [-0.2, -0.15) is 9.57 Å². The molecule has 0 bridgehead atoms. The average molecular weight is 266 g/mol. The van der Waals surface area contributed by atoms with Crippen LogP contribution in [0.4, 0.5) is 0 Å². The molecular formula is C13H18N2O2S. The van der Waals surface area contributed by atoms with E-state index in [2.05, 4.69) is 0 Å². The summed E-state index contributed by atoms with van der Waals surface area (Å²) >= 11 is 0. The SMILES string of the molecule is CCCS(=O)(=O)N(C)C(C#N)c1ccc(C)cc1. The third kappa shape index (κ3) is 3.31. The van der Waals surface area contributed by atoms with Crippen molar-refractivity contribution in [1.29, 1.82) is 5.26 Å². The number of aryl methyl sites for hydroxylation is 1. The molecule has 0 heterocycles. The lowest BCUT2D eigenvalue weighted by molar-refractivity contribution is 0.432. The molecule has 0 N–H and O–H groups in total. The number of nitrogens with zero attached hydrogens (tertiary/aromatic N) is 2. The largest absolute Gasteiger partial charge is 0.215 e. The fourth-order valence-corrected chi connectivity index (χ4v) is 2.97. The molecule has 0 amide bonds. The number of benzene rings is 1. The van der Waals surface area contributed by atoms with Gasteiger partial charge in [0.25, 0.3) is 0 Å². The van der Waals surface area contributed by atoms with Crippen LogP contribution < -0.4 is 0 Å². The minimum Gasteiger partial charge on any atom is -0.212 e. The van der Waals surface area contributed by atoms with Crippen LogP contribution in [0.5, 0.6) is 0 Å². The summed E-state index contributed by atoms with van der Waals surface area (Å²) in [7, 11) is -1.91. The van der Waals surface area contributed by atoms with E-state index in [0.29, 0.717) is 12.0 Å². The molecule has 0 aliphatic carbocycles. The molecule has 0 aliphatic heterocycles. The second-order valence-corrected chi connectivity index (χ2v) is 6.42. The van der Waals surface area contributed by atoms with Crippen LogP contribution in [-0.4, -0.2) is 25.5 Å². The molecule has 0 aromatic heterocycles. The third-order valence-corrected chi connectivity index (χ3v) is 4.79. The van der Waals surface area contributed by atoms with Gasteiger partial charge in [-0.25, -0.2) is 8.42 Å². The maximum Gasteiger partial charge on any atom is 0.215 e. The summed E-state index contributed by atoms with van der Waals surface area (Å²) in [6, 6.07) is 8.62. The molecule has 98 valence electrons. The van der Waals surface area contributed by atoms with E-state index in [4.69, 9.17) is 0 Å². The van der Waals surface area contributed by atoms with Gasteiger partial charge in [0, 0.05) is 7.05 Å². The Bertz CT molecular complexity index is 529. The first-order valence-corrected chi connectivity index (χ1v) is 7.45. The summed E-state index contributed by atoms with van der Waals surface area (Å²) in [5.74, 6) is 0.0630. The molecule has 0 saturated carbocycles. The van der Waals surface area contributed by atoms with Gasteiger partial charge < -0.3 is 0 Å². The van der Waals surface area contributed by atoms with Gasteiger partial charge in [-0.15, -0.1) is 0 Å². The Morgan fingerprint density at radius 2 is 1.89 bits per heavy atom. The maximum absolute atomic E-state index is 11.9. The number of hydrogen-bond acceptors (Lipinski definition) is 3. The Morgan fingerprint density at radius 1 is 1.33 bits per heavy atom. The van der Waals surface area contributed by atoms with E-state index in [1.165, 1.54) is 7.05 Å². The molecule has 18 heavy (non-hydrogen) atoms. The fraction of sp³-hybridized carbons (Fsp3) is 0.462. The zero-order valence-electron chi connectivity index (χ0n) is 10.9. The van der Waals surface area contributed by atoms with Crippen LogP contribution in [-0.2, 0) is 10.0 Å². The highest BCUT2D eigenvalue weighted by atomic mass is 32.2. The zero-order valence-corrected chi connectivity index (χ0v) is 11.7. The lowest BCUT2D eigenvalue weighted by atomic mass is 10.1. The molecule has 5 heteroatoms. The number of rotatable bonds is 5. The minimum absolute atomic E-state index is 0.0630. The lowest BCUT2D eigenvalue weighted by Crippen LogP contribution is -2.32. The van der Waals surface area contributed by atoms with Crippen LogP contribution in [0.1, 0.15) is 30.5 Å². The first kappa shape index (κ1) is 14.7. The van der Waals surface area contributed by atoms with Crippen molar-refractivity contribution in [2.45, 2.75) is 26.3 Å². The van der Waals surface area contributed by atoms with Crippen molar-refractivity contribution in [2.24, 2.45) is 0 Å². The minimum atomic E-state index is -3.37. The van der Waals surface area contributed by atoms with E-state index >= 15 is 0 Å². The van der Waals surface area contributed by atoms with Gasteiger partial charge in [0.2, 0.25) is 10.0 Å². The van der Waals surface area contributed by atoms with Gasteiger partial charge in [0.05, 0.1) is 11.8 Å². The quantitative estimate of drug-likeness (QED) is 0.821. The van der Waals surface area contributed by atoms with Crippen LogP contribution in [0.2, 0.25) is 0 Å². The van der Waals surface area contributed by atoms with Crippen molar-refractivity contribution in [3.63, 3.8) is 0 Å². The summed E-state index contributed by atoms with van der Waals surface area (Å²) in [6.07, 6.45) is 0.540. The van der Waals surface area contributed by atoms with Crippen molar-refractivity contribution < 1.29 is 8.42 Å². The van der Waals surface area contributed by atoms with E-state index in [1.807, 2.05) is 25.1 Å². The summed E-state index contributed by atoms with van der Waals surface area (Å²) in [6.45, 7) is 3.75. The molecular weight excluding hydrogens is 248 g/mol. The van der Waals surface area contributed by atoms with E-state index in [0.717, 1.165) is 9.87 Å². The lowest BCUT2D eigenvalue weighted by Gasteiger charge is -2.22. The predicted octanol–water partition coefficient (Wildman–Crippen LogP) is 2.23. The Morgan fingerprint density at radius 3 is 2.33 bits per heavy atom. The van der Waals surface area contributed by atoms with E-state index in [1.54, 1.807) is 19.1 Å². The molecule has 1 aromatic carbocycles. The van der Waals surface area contributed by atoms with Gasteiger partial charge >= 0.3 is 0 Å².